The summed E-state index contributed by atoms with van der Waals surface area (Å²) in [5.41, 5.74) is 0. The molecular weight excluding hydrogens is 268 g/mol. The van der Waals surface area contributed by atoms with Crippen molar-refractivity contribution in [2.75, 3.05) is 20.1 Å². The fourth-order valence-electron chi connectivity index (χ4n) is 1.66. The van der Waals surface area contributed by atoms with Gasteiger partial charge in [-0.3, -0.25) is 9.69 Å². The fraction of sp³-hybridized carbons (Fsp3) is 0.615. The molecule has 1 rings (SSSR count). The van der Waals surface area contributed by atoms with E-state index in [2.05, 4.69) is 12.2 Å². The highest BCUT2D eigenvalue weighted by Gasteiger charge is 2.07. The van der Waals surface area contributed by atoms with Crippen LogP contribution in [-0.4, -0.2) is 30.9 Å². The second-order valence-corrected chi connectivity index (χ2v) is 6.23. The molecule has 1 amide bonds. The lowest BCUT2D eigenvalue weighted by molar-refractivity contribution is -0.122. The number of unbranched alkanes of at least 4 members (excludes halogenated alkanes) is 2. The molecule has 0 fully saturated rings. The van der Waals surface area contributed by atoms with Gasteiger partial charge in [-0.25, -0.2) is 0 Å². The summed E-state index contributed by atoms with van der Waals surface area (Å²) >= 11 is 7.43. The van der Waals surface area contributed by atoms with E-state index in [1.54, 1.807) is 11.3 Å². The van der Waals surface area contributed by atoms with Crippen LogP contribution in [0.4, 0.5) is 0 Å². The van der Waals surface area contributed by atoms with Crippen molar-refractivity contribution >= 4 is 28.8 Å². The Hall–Kier alpha value is -0.580. The minimum absolute atomic E-state index is 0.0938. The van der Waals surface area contributed by atoms with Crippen LogP contribution in [0.15, 0.2) is 12.1 Å². The summed E-state index contributed by atoms with van der Waals surface area (Å²) in [6.07, 6.45) is 3.41. The molecule has 18 heavy (non-hydrogen) atoms. The Labute approximate surface area is 118 Å². The van der Waals surface area contributed by atoms with Crippen molar-refractivity contribution < 1.29 is 4.79 Å². The molecule has 0 saturated heterocycles. The highest BCUT2D eigenvalue weighted by atomic mass is 35.5. The maximum atomic E-state index is 11.6. The normalized spacial score (nSPS) is 10.9. The molecule has 1 aromatic rings. The van der Waals surface area contributed by atoms with Gasteiger partial charge in [0.25, 0.3) is 0 Å². The van der Waals surface area contributed by atoms with E-state index < -0.39 is 0 Å². The van der Waals surface area contributed by atoms with Gasteiger partial charge in [0.1, 0.15) is 0 Å². The maximum absolute atomic E-state index is 11.6. The fourth-order valence-corrected chi connectivity index (χ4v) is 2.83. The van der Waals surface area contributed by atoms with E-state index in [-0.39, 0.29) is 5.91 Å². The summed E-state index contributed by atoms with van der Waals surface area (Å²) < 4.78 is 0.794. The smallest absolute Gasteiger partial charge is 0.234 e. The second-order valence-electron chi connectivity index (χ2n) is 4.44. The first-order valence-electron chi connectivity index (χ1n) is 6.31. The van der Waals surface area contributed by atoms with Crippen LogP contribution in [-0.2, 0) is 11.3 Å². The van der Waals surface area contributed by atoms with Crippen LogP contribution < -0.4 is 5.32 Å². The summed E-state index contributed by atoms with van der Waals surface area (Å²) in [5, 5.41) is 2.94. The molecule has 1 N–H and O–H groups in total. The molecule has 0 bridgehead atoms. The van der Waals surface area contributed by atoms with E-state index in [4.69, 9.17) is 11.6 Å². The number of nitrogens with zero attached hydrogens (tertiary/aromatic N) is 1. The first-order valence-corrected chi connectivity index (χ1v) is 7.50. The molecule has 0 saturated carbocycles. The van der Waals surface area contributed by atoms with Gasteiger partial charge in [-0.15, -0.1) is 11.3 Å². The lowest BCUT2D eigenvalue weighted by Crippen LogP contribution is -2.35. The monoisotopic (exact) mass is 288 g/mol. The molecular formula is C13H21ClN2OS. The van der Waals surface area contributed by atoms with Gasteiger partial charge in [0.05, 0.1) is 10.9 Å². The second kappa shape index (κ2) is 8.51. The van der Waals surface area contributed by atoms with Crippen LogP contribution in [0.2, 0.25) is 4.34 Å². The highest BCUT2D eigenvalue weighted by molar-refractivity contribution is 7.16. The highest BCUT2D eigenvalue weighted by Crippen LogP contribution is 2.22. The van der Waals surface area contributed by atoms with Crippen molar-refractivity contribution in [2.45, 2.75) is 32.7 Å². The average Bonchev–Trinajstić information content (AvgIpc) is 2.70. The van der Waals surface area contributed by atoms with Gasteiger partial charge in [-0.05, 0) is 25.6 Å². The molecule has 0 radical (unpaired) electrons. The first kappa shape index (κ1) is 15.5. The molecule has 102 valence electrons. The molecule has 0 aliphatic rings. The van der Waals surface area contributed by atoms with Crippen molar-refractivity contribution in [3.05, 3.63) is 21.3 Å². The summed E-state index contributed by atoms with van der Waals surface area (Å²) in [6, 6.07) is 3.89. The Morgan fingerprint density at radius 3 is 2.83 bits per heavy atom. The zero-order valence-electron chi connectivity index (χ0n) is 11.0. The summed E-state index contributed by atoms with van der Waals surface area (Å²) in [5.74, 6) is 0.0938. The molecule has 5 heteroatoms. The molecule has 0 atom stereocenters. The van der Waals surface area contributed by atoms with Crippen molar-refractivity contribution in [1.82, 2.24) is 10.2 Å². The summed E-state index contributed by atoms with van der Waals surface area (Å²) in [7, 11) is 1.94. The van der Waals surface area contributed by atoms with Crippen LogP contribution in [0, 0.1) is 0 Å². The van der Waals surface area contributed by atoms with Crippen molar-refractivity contribution in [3.8, 4) is 0 Å². The number of nitrogens with one attached hydrogen (secondary N) is 1. The van der Waals surface area contributed by atoms with Crippen LogP contribution >= 0.6 is 22.9 Å². The number of carbonyl (C=O) groups is 1. The third-order valence-electron chi connectivity index (χ3n) is 2.57. The van der Waals surface area contributed by atoms with E-state index in [1.807, 2.05) is 24.1 Å². The molecule has 3 nitrogen and oxygen atoms in total. The zero-order valence-corrected chi connectivity index (χ0v) is 12.6. The molecule has 0 aliphatic carbocycles. The van der Waals surface area contributed by atoms with Gasteiger partial charge >= 0.3 is 0 Å². The van der Waals surface area contributed by atoms with E-state index in [0.717, 1.165) is 23.8 Å². The Morgan fingerprint density at radius 2 is 2.22 bits per heavy atom. The Balaban J connectivity index is 2.19. The predicted molar refractivity (Wildman–Crippen MR) is 78.2 cm³/mol. The number of hydrogen-bond donors (Lipinski definition) is 1. The van der Waals surface area contributed by atoms with Crippen molar-refractivity contribution in [1.29, 1.82) is 0 Å². The quantitative estimate of drug-likeness (QED) is 0.746. The minimum Gasteiger partial charge on any atom is -0.355 e. The maximum Gasteiger partial charge on any atom is 0.234 e. The SMILES string of the molecule is CCCCCNC(=O)CN(C)Cc1ccc(Cl)s1. The summed E-state index contributed by atoms with van der Waals surface area (Å²) in [6.45, 7) is 4.13. The molecule has 0 aliphatic heterocycles. The van der Waals surface area contributed by atoms with Gasteiger partial charge in [0, 0.05) is 18.0 Å². The number of likely N-dealkylation sites (N-methyl/N-ethyl adjacent to an activating group) is 1. The van der Waals surface area contributed by atoms with Crippen LogP contribution in [0.5, 0.6) is 0 Å². The van der Waals surface area contributed by atoms with Crippen molar-refractivity contribution in [3.63, 3.8) is 0 Å². The Morgan fingerprint density at radius 1 is 1.44 bits per heavy atom. The van der Waals surface area contributed by atoms with Crippen molar-refractivity contribution in [2.24, 2.45) is 0 Å². The topological polar surface area (TPSA) is 32.3 Å². The van der Waals surface area contributed by atoms with Gasteiger partial charge < -0.3 is 5.32 Å². The largest absolute Gasteiger partial charge is 0.355 e. The number of amides is 1. The number of halogens is 1. The van der Waals surface area contributed by atoms with Gasteiger partial charge in [0.15, 0.2) is 0 Å². The van der Waals surface area contributed by atoms with Crippen LogP contribution in [0.25, 0.3) is 0 Å². The predicted octanol–water partition coefficient (Wildman–Crippen LogP) is 3.14. The van der Waals surface area contributed by atoms with Gasteiger partial charge in [-0.2, -0.15) is 0 Å². The van der Waals surface area contributed by atoms with E-state index in [0.29, 0.717) is 6.54 Å². The molecule has 1 heterocycles. The zero-order chi connectivity index (χ0) is 13.4. The standard InChI is InChI=1S/C13H21ClN2OS/c1-3-4-5-8-15-13(17)10-16(2)9-11-6-7-12(14)18-11/h6-7H,3-5,8-10H2,1-2H3,(H,15,17). The minimum atomic E-state index is 0.0938. The van der Waals surface area contributed by atoms with E-state index in [9.17, 15) is 4.79 Å². The molecule has 0 spiro atoms. The third kappa shape index (κ3) is 6.38. The number of rotatable bonds is 8. The van der Waals surface area contributed by atoms with Gasteiger partial charge in [-0.1, -0.05) is 31.4 Å². The van der Waals surface area contributed by atoms with Crippen LogP contribution in [0.3, 0.4) is 0 Å². The van der Waals surface area contributed by atoms with E-state index >= 15 is 0 Å². The lowest BCUT2D eigenvalue weighted by atomic mass is 10.2. The third-order valence-corrected chi connectivity index (χ3v) is 3.79. The molecule has 0 aromatic carbocycles. The van der Waals surface area contributed by atoms with Gasteiger partial charge in [0.2, 0.25) is 5.91 Å². The number of carbonyl (C=O) groups excluding carboxylic acids is 1. The Bertz CT molecular complexity index is 368. The summed E-state index contributed by atoms with van der Waals surface area (Å²) in [4.78, 5) is 14.8. The number of thiophene rings is 1. The van der Waals surface area contributed by atoms with E-state index in [1.165, 1.54) is 17.7 Å². The lowest BCUT2D eigenvalue weighted by Gasteiger charge is -2.15. The average molecular weight is 289 g/mol. The molecule has 0 unspecified atom stereocenters. The molecule has 1 aromatic heterocycles. The Kier molecular flexibility index (Phi) is 7.32. The number of hydrogen-bond acceptors (Lipinski definition) is 3. The van der Waals surface area contributed by atoms with Crippen LogP contribution in [0.1, 0.15) is 31.1 Å². The first-order chi connectivity index (χ1) is 8.61.